The van der Waals surface area contributed by atoms with Crippen LogP contribution in [0.15, 0.2) is 24.3 Å². The number of ether oxygens (including phenoxy) is 1. The Kier molecular flexibility index (Phi) is 6.41. The van der Waals surface area contributed by atoms with Gasteiger partial charge in [0.1, 0.15) is 0 Å². The van der Waals surface area contributed by atoms with E-state index < -0.39 is 0 Å². The zero-order chi connectivity index (χ0) is 10.9. The average Bonchev–Trinajstić information content (AvgIpc) is 2.25. The second-order valence-corrected chi connectivity index (χ2v) is 3.73. The fraction of sp³-hybridized carbons (Fsp3) is 0.500. The summed E-state index contributed by atoms with van der Waals surface area (Å²) in [7, 11) is 0. The minimum atomic E-state index is 0.796. The molecule has 0 aliphatic rings. The maximum Gasteiger partial charge on any atom is 0.0477 e. The number of benzene rings is 1. The van der Waals surface area contributed by atoms with E-state index in [1.54, 1.807) is 0 Å². The molecule has 15 heavy (non-hydrogen) atoms. The van der Waals surface area contributed by atoms with Crippen molar-refractivity contribution in [1.82, 2.24) is 5.32 Å². The molecule has 1 rings (SSSR count). The van der Waals surface area contributed by atoms with Gasteiger partial charge in [-0.2, -0.15) is 0 Å². The number of rotatable bonds is 7. The van der Waals surface area contributed by atoms with Gasteiger partial charge in [0.05, 0.1) is 0 Å². The summed E-state index contributed by atoms with van der Waals surface area (Å²) in [6.07, 6.45) is 1.04. The lowest BCUT2D eigenvalue weighted by molar-refractivity contribution is 0.144. The minimum absolute atomic E-state index is 0.796. The molecule has 0 aliphatic carbocycles. The van der Waals surface area contributed by atoms with Crippen LogP contribution in [-0.2, 0) is 11.3 Å². The van der Waals surface area contributed by atoms with E-state index in [1.165, 1.54) is 0 Å². The van der Waals surface area contributed by atoms with Crippen LogP contribution in [0, 0.1) is 0 Å². The van der Waals surface area contributed by atoms with E-state index in [1.807, 2.05) is 31.2 Å². The van der Waals surface area contributed by atoms with Crippen molar-refractivity contribution >= 4 is 11.6 Å². The Balaban J connectivity index is 2.12. The van der Waals surface area contributed by atoms with Crippen LogP contribution in [0.5, 0.6) is 0 Å². The quantitative estimate of drug-likeness (QED) is 0.724. The van der Waals surface area contributed by atoms with Crippen molar-refractivity contribution in [1.29, 1.82) is 0 Å². The van der Waals surface area contributed by atoms with Crippen LogP contribution >= 0.6 is 11.6 Å². The van der Waals surface area contributed by atoms with Gasteiger partial charge in [0.15, 0.2) is 0 Å². The monoisotopic (exact) mass is 227 g/mol. The Labute approximate surface area is 96.6 Å². The first-order valence-corrected chi connectivity index (χ1v) is 5.74. The van der Waals surface area contributed by atoms with Crippen LogP contribution in [0.25, 0.3) is 0 Å². The van der Waals surface area contributed by atoms with Crippen LogP contribution in [0.2, 0.25) is 5.02 Å². The summed E-state index contributed by atoms with van der Waals surface area (Å²) in [6, 6.07) is 7.90. The van der Waals surface area contributed by atoms with E-state index in [4.69, 9.17) is 16.3 Å². The lowest BCUT2D eigenvalue weighted by atomic mass is 10.2. The normalized spacial score (nSPS) is 10.5. The Morgan fingerprint density at radius 2 is 2.13 bits per heavy atom. The fourth-order valence-corrected chi connectivity index (χ4v) is 1.51. The smallest absolute Gasteiger partial charge is 0.0477 e. The van der Waals surface area contributed by atoms with E-state index in [-0.39, 0.29) is 0 Å². The first-order chi connectivity index (χ1) is 7.34. The molecule has 1 aromatic rings. The van der Waals surface area contributed by atoms with Crippen LogP contribution in [0.4, 0.5) is 0 Å². The van der Waals surface area contributed by atoms with Gasteiger partial charge in [-0.3, -0.25) is 0 Å². The molecule has 0 aromatic heterocycles. The second kappa shape index (κ2) is 7.69. The second-order valence-electron chi connectivity index (χ2n) is 3.32. The van der Waals surface area contributed by atoms with Crippen LogP contribution in [-0.4, -0.2) is 19.8 Å². The molecule has 0 bridgehead atoms. The van der Waals surface area contributed by atoms with Crippen molar-refractivity contribution in [2.24, 2.45) is 0 Å². The van der Waals surface area contributed by atoms with Crippen molar-refractivity contribution in [3.63, 3.8) is 0 Å². The Bertz CT molecular complexity index is 278. The molecule has 0 heterocycles. The van der Waals surface area contributed by atoms with E-state index in [0.717, 1.165) is 43.3 Å². The fourth-order valence-electron chi connectivity index (χ4n) is 1.31. The molecule has 0 atom stereocenters. The van der Waals surface area contributed by atoms with Crippen molar-refractivity contribution in [2.45, 2.75) is 19.9 Å². The van der Waals surface area contributed by atoms with Crippen LogP contribution in [0.1, 0.15) is 18.9 Å². The maximum absolute atomic E-state index is 6.02. The Morgan fingerprint density at radius 3 is 2.87 bits per heavy atom. The van der Waals surface area contributed by atoms with Gasteiger partial charge < -0.3 is 10.1 Å². The average molecular weight is 228 g/mol. The molecule has 0 fully saturated rings. The summed E-state index contributed by atoms with van der Waals surface area (Å²) >= 11 is 6.02. The SMILES string of the molecule is CCOCCCNCc1ccccc1Cl. The van der Waals surface area contributed by atoms with E-state index in [2.05, 4.69) is 5.32 Å². The van der Waals surface area contributed by atoms with E-state index >= 15 is 0 Å². The number of hydrogen-bond donors (Lipinski definition) is 1. The number of halogens is 1. The largest absolute Gasteiger partial charge is 0.382 e. The van der Waals surface area contributed by atoms with Crippen molar-refractivity contribution < 1.29 is 4.74 Å². The predicted octanol–water partition coefficient (Wildman–Crippen LogP) is 2.86. The third-order valence-corrected chi connectivity index (χ3v) is 2.49. The molecule has 0 saturated carbocycles. The molecule has 0 unspecified atom stereocenters. The van der Waals surface area contributed by atoms with Gasteiger partial charge >= 0.3 is 0 Å². The first kappa shape index (κ1) is 12.5. The molecule has 3 heteroatoms. The van der Waals surface area contributed by atoms with Crippen molar-refractivity contribution in [3.8, 4) is 0 Å². The number of hydrogen-bond acceptors (Lipinski definition) is 2. The highest BCUT2D eigenvalue weighted by Gasteiger charge is 1.97. The maximum atomic E-state index is 6.02. The highest BCUT2D eigenvalue weighted by atomic mass is 35.5. The highest BCUT2D eigenvalue weighted by molar-refractivity contribution is 6.31. The lowest BCUT2D eigenvalue weighted by Gasteiger charge is -2.06. The zero-order valence-electron chi connectivity index (χ0n) is 9.13. The molecule has 84 valence electrons. The summed E-state index contributed by atoms with van der Waals surface area (Å²) in [4.78, 5) is 0. The molecule has 0 radical (unpaired) electrons. The van der Waals surface area contributed by atoms with Gasteiger partial charge in [-0.05, 0) is 31.5 Å². The summed E-state index contributed by atoms with van der Waals surface area (Å²) in [5.41, 5.74) is 1.15. The molecule has 0 saturated heterocycles. The minimum Gasteiger partial charge on any atom is -0.382 e. The van der Waals surface area contributed by atoms with Gasteiger partial charge in [0.25, 0.3) is 0 Å². The van der Waals surface area contributed by atoms with Crippen LogP contribution in [0.3, 0.4) is 0 Å². The van der Waals surface area contributed by atoms with E-state index in [9.17, 15) is 0 Å². The standard InChI is InChI=1S/C12H18ClNO/c1-2-15-9-5-8-14-10-11-6-3-4-7-12(11)13/h3-4,6-7,14H,2,5,8-10H2,1H3. The molecule has 1 N–H and O–H groups in total. The molecule has 0 amide bonds. The lowest BCUT2D eigenvalue weighted by Crippen LogP contribution is -2.16. The third-order valence-electron chi connectivity index (χ3n) is 2.12. The molecule has 1 aromatic carbocycles. The summed E-state index contributed by atoms with van der Waals surface area (Å²) in [6.45, 7) is 5.42. The summed E-state index contributed by atoms with van der Waals surface area (Å²) in [5.74, 6) is 0. The predicted molar refractivity (Wildman–Crippen MR) is 64.3 cm³/mol. The van der Waals surface area contributed by atoms with Gasteiger partial charge in [0.2, 0.25) is 0 Å². The third kappa shape index (κ3) is 5.17. The Hall–Kier alpha value is -0.570. The Morgan fingerprint density at radius 1 is 1.33 bits per heavy atom. The molecule has 0 aliphatic heterocycles. The summed E-state index contributed by atoms with van der Waals surface area (Å²) in [5, 5.41) is 4.17. The molecular formula is C12H18ClNO. The first-order valence-electron chi connectivity index (χ1n) is 5.36. The van der Waals surface area contributed by atoms with Crippen LogP contribution < -0.4 is 5.32 Å². The van der Waals surface area contributed by atoms with Crippen molar-refractivity contribution in [3.05, 3.63) is 34.9 Å². The van der Waals surface area contributed by atoms with Gasteiger partial charge in [0, 0.05) is 24.8 Å². The number of nitrogens with one attached hydrogen (secondary N) is 1. The van der Waals surface area contributed by atoms with Crippen molar-refractivity contribution in [2.75, 3.05) is 19.8 Å². The zero-order valence-corrected chi connectivity index (χ0v) is 9.89. The summed E-state index contributed by atoms with van der Waals surface area (Å²) < 4.78 is 5.24. The molecular weight excluding hydrogens is 210 g/mol. The highest BCUT2D eigenvalue weighted by Crippen LogP contribution is 2.13. The van der Waals surface area contributed by atoms with E-state index in [0.29, 0.717) is 0 Å². The molecule has 2 nitrogen and oxygen atoms in total. The van der Waals surface area contributed by atoms with Gasteiger partial charge in [-0.15, -0.1) is 0 Å². The topological polar surface area (TPSA) is 21.3 Å². The van der Waals surface area contributed by atoms with Gasteiger partial charge in [-0.25, -0.2) is 0 Å². The molecule has 0 spiro atoms. The van der Waals surface area contributed by atoms with Gasteiger partial charge in [-0.1, -0.05) is 29.8 Å².